The average Bonchev–Trinajstić information content (AvgIpc) is 2.33. The highest BCUT2D eigenvalue weighted by Crippen LogP contribution is 2.23. The number of anilines is 1. The van der Waals surface area contributed by atoms with Gasteiger partial charge in [-0.05, 0) is 41.8 Å². The van der Waals surface area contributed by atoms with Crippen molar-refractivity contribution in [2.45, 2.75) is 6.92 Å². The summed E-state index contributed by atoms with van der Waals surface area (Å²) in [5, 5.41) is 8.81. The van der Waals surface area contributed by atoms with E-state index in [0.29, 0.717) is 0 Å². The summed E-state index contributed by atoms with van der Waals surface area (Å²) in [6.45, 7) is 1.95. The lowest BCUT2D eigenvalue weighted by Crippen LogP contribution is -1.95. The summed E-state index contributed by atoms with van der Waals surface area (Å²) in [7, 11) is 0. The fourth-order valence-electron chi connectivity index (χ4n) is 1.63. The van der Waals surface area contributed by atoms with Gasteiger partial charge in [0.1, 0.15) is 0 Å². The van der Waals surface area contributed by atoms with E-state index in [1.807, 2.05) is 25.1 Å². The predicted octanol–water partition coefficient (Wildman–Crippen LogP) is 2.94. The van der Waals surface area contributed by atoms with Crippen LogP contribution in [0.25, 0.3) is 11.1 Å². The Hall–Kier alpha value is -2.29. The van der Waals surface area contributed by atoms with Gasteiger partial charge >= 0.3 is 5.97 Å². The van der Waals surface area contributed by atoms with Crippen molar-refractivity contribution in [1.29, 1.82) is 0 Å². The van der Waals surface area contributed by atoms with Gasteiger partial charge in [0.25, 0.3) is 0 Å². The normalized spacial score (nSPS) is 10.2. The smallest absolute Gasteiger partial charge is 0.335 e. The maximum Gasteiger partial charge on any atom is 0.335 e. The molecule has 0 aliphatic rings. The van der Waals surface area contributed by atoms with Crippen LogP contribution < -0.4 is 5.73 Å². The van der Waals surface area contributed by atoms with Gasteiger partial charge in [-0.3, -0.25) is 0 Å². The Kier molecular flexibility index (Phi) is 2.83. The molecule has 0 fully saturated rings. The lowest BCUT2D eigenvalue weighted by Gasteiger charge is -2.05. The van der Waals surface area contributed by atoms with Gasteiger partial charge in [0, 0.05) is 5.69 Å². The van der Waals surface area contributed by atoms with E-state index in [-0.39, 0.29) is 5.56 Å². The second kappa shape index (κ2) is 4.29. The topological polar surface area (TPSA) is 63.3 Å². The Morgan fingerprint density at radius 2 is 1.65 bits per heavy atom. The summed E-state index contributed by atoms with van der Waals surface area (Å²) in [5.74, 6) is -0.917. The van der Waals surface area contributed by atoms with Crippen molar-refractivity contribution >= 4 is 11.7 Å². The largest absolute Gasteiger partial charge is 0.478 e. The molecule has 3 N–H and O–H groups in total. The summed E-state index contributed by atoms with van der Waals surface area (Å²) >= 11 is 0. The average molecular weight is 227 g/mol. The van der Waals surface area contributed by atoms with Crippen molar-refractivity contribution in [1.82, 2.24) is 0 Å². The third-order valence-electron chi connectivity index (χ3n) is 2.74. The first-order chi connectivity index (χ1) is 8.08. The van der Waals surface area contributed by atoms with Crippen LogP contribution in [0.3, 0.4) is 0 Å². The van der Waals surface area contributed by atoms with E-state index in [1.54, 1.807) is 24.3 Å². The van der Waals surface area contributed by atoms with Crippen LogP contribution in [-0.4, -0.2) is 11.1 Å². The minimum absolute atomic E-state index is 0.286. The van der Waals surface area contributed by atoms with E-state index in [0.717, 1.165) is 22.4 Å². The predicted molar refractivity (Wildman–Crippen MR) is 68.0 cm³/mol. The third kappa shape index (κ3) is 2.28. The van der Waals surface area contributed by atoms with Crippen molar-refractivity contribution in [2.24, 2.45) is 0 Å². The van der Waals surface area contributed by atoms with E-state index >= 15 is 0 Å². The zero-order valence-corrected chi connectivity index (χ0v) is 9.47. The number of nitrogen functional groups attached to an aromatic ring is 1. The second-order valence-corrected chi connectivity index (χ2v) is 3.95. The van der Waals surface area contributed by atoms with Crippen molar-refractivity contribution in [3.8, 4) is 11.1 Å². The van der Waals surface area contributed by atoms with Gasteiger partial charge in [0.15, 0.2) is 0 Å². The highest BCUT2D eigenvalue weighted by atomic mass is 16.4. The molecule has 3 heteroatoms. The minimum atomic E-state index is -0.917. The fraction of sp³-hybridized carbons (Fsp3) is 0.0714. The molecule has 0 spiro atoms. The molecule has 2 aromatic carbocycles. The van der Waals surface area contributed by atoms with Crippen LogP contribution >= 0.6 is 0 Å². The molecule has 0 heterocycles. The van der Waals surface area contributed by atoms with Crippen LogP contribution in [0.5, 0.6) is 0 Å². The van der Waals surface area contributed by atoms with Crippen molar-refractivity contribution in [3.63, 3.8) is 0 Å². The number of carbonyl (C=O) groups is 1. The zero-order chi connectivity index (χ0) is 12.4. The van der Waals surface area contributed by atoms with Crippen LogP contribution in [0.15, 0.2) is 42.5 Å². The van der Waals surface area contributed by atoms with E-state index in [9.17, 15) is 4.79 Å². The van der Waals surface area contributed by atoms with Crippen LogP contribution in [0, 0.1) is 6.92 Å². The molecule has 0 unspecified atom stereocenters. The quantitative estimate of drug-likeness (QED) is 0.775. The van der Waals surface area contributed by atoms with Gasteiger partial charge in [0.05, 0.1) is 5.56 Å². The molecule has 2 rings (SSSR count). The minimum Gasteiger partial charge on any atom is -0.478 e. The maximum absolute atomic E-state index is 10.7. The highest BCUT2D eigenvalue weighted by Gasteiger charge is 2.04. The third-order valence-corrected chi connectivity index (χ3v) is 2.74. The lowest BCUT2D eigenvalue weighted by molar-refractivity contribution is 0.0697. The molecule has 0 aliphatic heterocycles. The van der Waals surface area contributed by atoms with Crippen molar-refractivity contribution in [3.05, 3.63) is 53.6 Å². The van der Waals surface area contributed by atoms with Crippen LogP contribution in [0.4, 0.5) is 5.69 Å². The fourth-order valence-corrected chi connectivity index (χ4v) is 1.63. The Morgan fingerprint density at radius 3 is 2.18 bits per heavy atom. The number of carboxylic acid groups (broad SMARTS) is 1. The molecular formula is C14H13NO2. The standard InChI is InChI=1S/C14H13NO2/c1-9-2-3-12(8-13(9)15)10-4-6-11(7-5-10)14(16)17/h2-8H,15H2,1H3,(H,16,17). The van der Waals surface area contributed by atoms with E-state index in [4.69, 9.17) is 10.8 Å². The number of hydrogen-bond donors (Lipinski definition) is 2. The molecular weight excluding hydrogens is 214 g/mol. The maximum atomic E-state index is 10.7. The van der Waals surface area contributed by atoms with Gasteiger partial charge < -0.3 is 10.8 Å². The Morgan fingerprint density at radius 1 is 1.06 bits per heavy atom. The molecule has 0 aliphatic carbocycles. The van der Waals surface area contributed by atoms with E-state index in [1.165, 1.54) is 0 Å². The van der Waals surface area contributed by atoms with Crippen LogP contribution in [0.2, 0.25) is 0 Å². The van der Waals surface area contributed by atoms with E-state index in [2.05, 4.69) is 0 Å². The first-order valence-electron chi connectivity index (χ1n) is 5.28. The van der Waals surface area contributed by atoms with Gasteiger partial charge in [-0.1, -0.05) is 24.3 Å². The number of benzene rings is 2. The first-order valence-corrected chi connectivity index (χ1v) is 5.28. The molecule has 0 atom stereocenters. The van der Waals surface area contributed by atoms with Gasteiger partial charge in [-0.15, -0.1) is 0 Å². The Balaban J connectivity index is 2.39. The molecule has 86 valence electrons. The number of rotatable bonds is 2. The summed E-state index contributed by atoms with van der Waals surface area (Å²) in [4.78, 5) is 10.7. The van der Waals surface area contributed by atoms with Crippen molar-refractivity contribution in [2.75, 3.05) is 5.73 Å². The summed E-state index contributed by atoms with van der Waals surface area (Å²) in [5.41, 5.74) is 9.86. The van der Waals surface area contributed by atoms with Crippen LogP contribution in [-0.2, 0) is 0 Å². The number of hydrogen-bond acceptors (Lipinski definition) is 2. The van der Waals surface area contributed by atoms with Gasteiger partial charge in [-0.2, -0.15) is 0 Å². The molecule has 0 saturated carbocycles. The Bertz CT molecular complexity index is 559. The van der Waals surface area contributed by atoms with E-state index < -0.39 is 5.97 Å². The molecule has 3 nitrogen and oxygen atoms in total. The first kappa shape index (κ1) is 11.2. The molecule has 17 heavy (non-hydrogen) atoms. The number of aromatic carboxylic acids is 1. The summed E-state index contributed by atoms with van der Waals surface area (Å²) in [6, 6.07) is 12.6. The van der Waals surface area contributed by atoms with Crippen LogP contribution in [0.1, 0.15) is 15.9 Å². The molecule has 0 bridgehead atoms. The Labute approximate surface area is 99.5 Å². The second-order valence-electron chi connectivity index (χ2n) is 3.95. The lowest BCUT2D eigenvalue weighted by atomic mass is 10.0. The zero-order valence-electron chi connectivity index (χ0n) is 9.47. The summed E-state index contributed by atoms with van der Waals surface area (Å²) < 4.78 is 0. The molecule has 0 saturated heterocycles. The molecule has 2 aromatic rings. The molecule has 0 amide bonds. The monoisotopic (exact) mass is 227 g/mol. The number of carboxylic acids is 1. The van der Waals surface area contributed by atoms with Gasteiger partial charge in [0.2, 0.25) is 0 Å². The number of nitrogens with two attached hydrogens (primary N) is 1. The summed E-state index contributed by atoms with van der Waals surface area (Å²) in [6.07, 6.45) is 0. The highest BCUT2D eigenvalue weighted by molar-refractivity contribution is 5.88. The van der Waals surface area contributed by atoms with Crippen molar-refractivity contribution < 1.29 is 9.90 Å². The van der Waals surface area contributed by atoms with Gasteiger partial charge in [-0.25, -0.2) is 4.79 Å². The number of aryl methyl sites for hydroxylation is 1. The molecule has 0 radical (unpaired) electrons. The SMILES string of the molecule is Cc1ccc(-c2ccc(C(=O)O)cc2)cc1N. The molecule has 0 aromatic heterocycles.